The Morgan fingerprint density at radius 1 is 1.35 bits per heavy atom. The number of nitrogens with zero attached hydrogens (tertiary/aromatic N) is 1. The lowest BCUT2D eigenvalue weighted by atomic mass is 9.60. The summed E-state index contributed by atoms with van der Waals surface area (Å²) < 4.78 is 18.9. The first-order valence-corrected chi connectivity index (χ1v) is 8.77. The van der Waals surface area contributed by atoms with Crippen LogP contribution < -0.4 is 0 Å². The normalized spacial score (nSPS) is 22.3. The molecule has 0 saturated carbocycles. The van der Waals surface area contributed by atoms with Gasteiger partial charge < -0.3 is 14.8 Å². The molecule has 0 saturated heterocycles. The molecule has 0 aliphatic heterocycles. The first-order valence-electron chi connectivity index (χ1n) is 8.77. The fourth-order valence-corrected chi connectivity index (χ4v) is 4.02. The molecule has 4 nitrogen and oxygen atoms in total. The zero-order valence-electron chi connectivity index (χ0n) is 15.4. The minimum absolute atomic E-state index is 0.0877. The van der Waals surface area contributed by atoms with Crippen molar-refractivity contribution < 1.29 is 14.2 Å². The third-order valence-electron chi connectivity index (χ3n) is 5.34. The number of nitrogens with one attached hydrogen (secondary N) is 1. The van der Waals surface area contributed by atoms with E-state index in [9.17, 15) is 9.50 Å². The number of ether oxygens (including phenoxy) is 1. The average Bonchev–Trinajstić information content (AvgIpc) is 3.17. The van der Waals surface area contributed by atoms with Gasteiger partial charge in [0, 0.05) is 7.11 Å². The highest BCUT2D eigenvalue weighted by Gasteiger charge is 2.53. The predicted octanol–water partition coefficient (Wildman–Crippen LogP) is 4.07. The highest BCUT2D eigenvalue weighted by molar-refractivity contribution is 5.69. The Bertz CT molecular complexity index is 796. The maximum Gasteiger partial charge on any atom is 0.123 e. The van der Waals surface area contributed by atoms with Gasteiger partial charge in [-0.2, -0.15) is 0 Å². The second kappa shape index (κ2) is 7.17. The van der Waals surface area contributed by atoms with E-state index in [1.54, 1.807) is 31.8 Å². The zero-order chi connectivity index (χ0) is 18.8. The van der Waals surface area contributed by atoms with Crippen LogP contribution in [0.25, 0.3) is 5.57 Å². The fraction of sp³-hybridized carbons (Fsp3) is 0.381. The number of imidazole rings is 1. The summed E-state index contributed by atoms with van der Waals surface area (Å²) in [6, 6.07) is 6.44. The van der Waals surface area contributed by atoms with E-state index in [4.69, 9.17) is 4.74 Å². The van der Waals surface area contributed by atoms with Crippen molar-refractivity contribution in [3.63, 3.8) is 0 Å². The lowest BCUT2D eigenvalue weighted by molar-refractivity contribution is -0.129. The molecule has 0 radical (unpaired) electrons. The van der Waals surface area contributed by atoms with Crippen molar-refractivity contribution in [3.05, 3.63) is 72.1 Å². The van der Waals surface area contributed by atoms with Crippen LogP contribution in [0.1, 0.15) is 31.5 Å². The van der Waals surface area contributed by atoms with Crippen molar-refractivity contribution >= 4 is 5.57 Å². The molecule has 3 rings (SSSR count). The summed E-state index contributed by atoms with van der Waals surface area (Å²) in [7, 11) is 1.64. The van der Waals surface area contributed by atoms with Crippen molar-refractivity contribution in [2.24, 2.45) is 11.3 Å². The van der Waals surface area contributed by atoms with E-state index < -0.39 is 11.0 Å². The van der Waals surface area contributed by atoms with Gasteiger partial charge in [-0.3, -0.25) is 0 Å². The Morgan fingerprint density at radius 2 is 2.08 bits per heavy atom. The molecule has 138 valence electrons. The van der Waals surface area contributed by atoms with Crippen LogP contribution in [0, 0.1) is 17.2 Å². The van der Waals surface area contributed by atoms with Crippen LogP contribution in [0.4, 0.5) is 4.39 Å². The summed E-state index contributed by atoms with van der Waals surface area (Å²) in [6.45, 7) is 4.32. The molecule has 1 aromatic heterocycles. The van der Waals surface area contributed by atoms with E-state index in [0.717, 1.165) is 11.1 Å². The Labute approximate surface area is 153 Å². The number of aromatic amines is 1. The number of aromatic nitrogens is 2. The van der Waals surface area contributed by atoms with Gasteiger partial charge in [-0.15, -0.1) is 0 Å². The minimum atomic E-state index is -1.20. The van der Waals surface area contributed by atoms with Crippen LogP contribution in [0.5, 0.6) is 0 Å². The lowest BCUT2D eigenvalue weighted by Gasteiger charge is -2.48. The molecule has 2 N–H and O–H groups in total. The van der Waals surface area contributed by atoms with Gasteiger partial charge in [0.1, 0.15) is 11.4 Å². The van der Waals surface area contributed by atoms with Gasteiger partial charge in [-0.05, 0) is 35.6 Å². The van der Waals surface area contributed by atoms with Crippen molar-refractivity contribution in [2.45, 2.75) is 25.9 Å². The van der Waals surface area contributed by atoms with E-state index in [0.29, 0.717) is 18.7 Å². The molecular formula is C21H25FN2O2. The van der Waals surface area contributed by atoms with Gasteiger partial charge >= 0.3 is 0 Å². The van der Waals surface area contributed by atoms with Crippen LogP contribution in [0.15, 0.2) is 55.0 Å². The van der Waals surface area contributed by atoms with Crippen molar-refractivity contribution in [3.8, 4) is 0 Å². The highest BCUT2D eigenvalue weighted by Crippen LogP contribution is 2.52. The van der Waals surface area contributed by atoms with E-state index in [1.807, 2.05) is 32.1 Å². The number of rotatable bonds is 6. The molecule has 0 fully saturated rings. The van der Waals surface area contributed by atoms with Gasteiger partial charge in [0.05, 0.1) is 30.2 Å². The largest absolute Gasteiger partial charge is 0.384 e. The van der Waals surface area contributed by atoms with Gasteiger partial charge in [-0.1, -0.05) is 44.2 Å². The lowest BCUT2D eigenvalue weighted by Crippen LogP contribution is -2.52. The Hall–Kier alpha value is -2.24. The van der Waals surface area contributed by atoms with Crippen LogP contribution >= 0.6 is 0 Å². The molecule has 0 amide bonds. The highest BCUT2D eigenvalue weighted by atomic mass is 19.1. The molecule has 5 heteroatoms. The number of hydrogen-bond donors (Lipinski definition) is 2. The molecule has 0 bridgehead atoms. The quantitative estimate of drug-likeness (QED) is 0.820. The second-order valence-corrected chi connectivity index (χ2v) is 7.21. The zero-order valence-corrected chi connectivity index (χ0v) is 15.4. The Morgan fingerprint density at radius 3 is 2.65 bits per heavy atom. The first kappa shape index (κ1) is 18.5. The molecule has 26 heavy (non-hydrogen) atoms. The molecule has 1 aliphatic carbocycles. The van der Waals surface area contributed by atoms with Gasteiger partial charge in [-0.25, -0.2) is 9.37 Å². The van der Waals surface area contributed by atoms with Crippen molar-refractivity contribution in [2.75, 3.05) is 13.7 Å². The standard InChI is InChI=1S/C21H25FN2O2/c1-15(2)21(25,19-12-23-14-24-19)20(13-26-3)10-4-5-17(11-20)16-6-8-18(22)9-7-16/h4-10,12,14-15,25H,11,13H2,1-3H3,(H,23,24). The molecule has 2 aromatic rings. The summed E-state index contributed by atoms with van der Waals surface area (Å²) in [6.07, 6.45) is 9.79. The molecular weight excluding hydrogens is 331 g/mol. The molecule has 1 aromatic carbocycles. The number of allylic oxidation sites excluding steroid dienone is 3. The molecule has 2 unspecified atom stereocenters. The van der Waals surface area contributed by atoms with E-state index >= 15 is 0 Å². The summed E-state index contributed by atoms with van der Waals surface area (Å²) in [5, 5.41) is 11.9. The second-order valence-electron chi connectivity index (χ2n) is 7.21. The number of methoxy groups -OCH3 is 1. The maximum absolute atomic E-state index is 13.3. The number of halogens is 1. The number of H-pyrrole nitrogens is 1. The Kier molecular flexibility index (Phi) is 5.12. The van der Waals surface area contributed by atoms with Gasteiger partial charge in [0.15, 0.2) is 0 Å². The minimum Gasteiger partial charge on any atom is -0.384 e. The van der Waals surface area contributed by atoms with E-state index in [-0.39, 0.29) is 11.7 Å². The van der Waals surface area contributed by atoms with Crippen LogP contribution in [0.3, 0.4) is 0 Å². The average molecular weight is 356 g/mol. The Balaban J connectivity index is 2.07. The number of aliphatic hydroxyl groups is 1. The number of hydrogen-bond acceptors (Lipinski definition) is 3. The predicted molar refractivity (Wildman–Crippen MR) is 99.8 cm³/mol. The van der Waals surface area contributed by atoms with E-state index in [1.165, 1.54) is 12.1 Å². The number of benzene rings is 1. The van der Waals surface area contributed by atoms with Crippen LogP contribution in [0.2, 0.25) is 0 Å². The summed E-state index contributed by atoms with van der Waals surface area (Å²) in [5.74, 6) is -0.352. The van der Waals surface area contributed by atoms with E-state index in [2.05, 4.69) is 9.97 Å². The molecule has 1 heterocycles. The molecule has 2 atom stereocenters. The van der Waals surface area contributed by atoms with Crippen LogP contribution in [-0.4, -0.2) is 28.8 Å². The molecule has 0 spiro atoms. The SMILES string of the molecule is COCC1(C(O)(c2cnc[nH]2)C(C)C)C=CC=C(c2ccc(F)cc2)C1. The summed E-state index contributed by atoms with van der Waals surface area (Å²) in [4.78, 5) is 7.19. The third-order valence-corrected chi connectivity index (χ3v) is 5.34. The summed E-state index contributed by atoms with van der Waals surface area (Å²) >= 11 is 0. The van der Waals surface area contributed by atoms with Gasteiger partial charge in [0.25, 0.3) is 0 Å². The monoisotopic (exact) mass is 356 g/mol. The van der Waals surface area contributed by atoms with Gasteiger partial charge in [0.2, 0.25) is 0 Å². The topological polar surface area (TPSA) is 58.1 Å². The van der Waals surface area contributed by atoms with Crippen LogP contribution in [-0.2, 0) is 10.3 Å². The first-order chi connectivity index (χ1) is 12.4. The maximum atomic E-state index is 13.3. The fourth-order valence-electron chi connectivity index (χ4n) is 4.02. The van der Waals surface area contributed by atoms with Crippen molar-refractivity contribution in [1.82, 2.24) is 9.97 Å². The third kappa shape index (κ3) is 3.02. The molecule has 1 aliphatic rings. The smallest absolute Gasteiger partial charge is 0.123 e. The summed E-state index contributed by atoms with van der Waals surface area (Å²) in [5.41, 5.74) is 0.751. The van der Waals surface area contributed by atoms with Crippen molar-refractivity contribution in [1.29, 1.82) is 0 Å².